The molecule has 1 fully saturated rings. The topological polar surface area (TPSA) is 29.1 Å². The van der Waals surface area contributed by atoms with Crippen LogP contribution in [0, 0.1) is 0 Å². The molecule has 96 valence electrons. The van der Waals surface area contributed by atoms with Crippen molar-refractivity contribution in [3.63, 3.8) is 0 Å². The van der Waals surface area contributed by atoms with Crippen molar-refractivity contribution >= 4 is 10.8 Å². The van der Waals surface area contributed by atoms with E-state index in [2.05, 4.69) is 19.2 Å². The summed E-state index contributed by atoms with van der Waals surface area (Å²) in [4.78, 5) is 0. The molecule has 0 aromatic heterocycles. The van der Waals surface area contributed by atoms with Crippen LogP contribution in [0.15, 0.2) is 0 Å². The van der Waals surface area contributed by atoms with Crippen LogP contribution in [0.1, 0.15) is 58.8 Å². The van der Waals surface area contributed by atoms with E-state index in [1.807, 2.05) is 0 Å². The van der Waals surface area contributed by atoms with Crippen molar-refractivity contribution in [3.05, 3.63) is 0 Å². The molecule has 0 aliphatic heterocycles. The van der Waals surface area contributed by atoms with E-state index in [0.717, 1.165) is 25.1 Å². The Kier molecular flexibility index (Phi) is 7.30. The average Bonchev–Trinajstić information content (AvgIpc) is 2.30. The van der Waals surface area contributed by atoms with E-state index >= 15 is 0 Å². The minimum Gasteiger partial charge on any atom is -0.315 e. The summed E-state index contributed by atoms with van der Waals surface area (Å²) in [6, 6.07) is 0.577. The molecular weight excluding hydrogens is 218 g/mol. The van der Waals surface area contributed by atoms with Gasteiger partial charge in [0.2, 0.25) is 0 Å². The van der Waals surface area contributed by atoms with Crippen LogP contribution < -0.4 is 5.32 Å². The van der Waals surface area contributed by atoms with Crippen molar-refractivity contribution in [3.8, 4) is 0 Å². The second-order valence-corrected chi connectivity index (χ2v) is 6.78. The highest BCUT2D eigenvalue weighted by Gasteiger charge is 2.19. The monoisotopic (exact) mass is 245 g/mol. The zero-order chi connectivity index (χ0) is 11.8. The second kappa shape index (κ2) is 8.24. The normalized spacial score (nSPS) is 21.9. The van der Waals surface area contributed by atoms with Crippen molar-refractivity contribution in [2.45, 2.75) is 70.1 Å². The van der Waals surface area contributed by atoms with Gasteiger partial charge >= 0.3 is 0 Å². The summed E-state index contributed by atoms with van der Waals surface area (Å²) >= 11 is 0. The third-order valence-electron chi connectivity index (χ3n) is 3.46. The predicted octanol–water partition coefficient (Wildman–Crippen LogP) is 2.85. The van der Waals surface area contributed by atoms with E-state index in [1.54, 1.807) is 0 Å². The van der Waals surface area contributed by atoms with Crippen molar-refractivity contribution in [1.82, 2.24) is 5.32 Å². The van der Waals surface area contributed by atoms with Gasteiger partial charge in [-0.05, 0) is 39.2 Å². The molecular formula is C13H27NOS. The Morgan fingerprint density at radius 3 is 2.62 bits per heavy atom. The van der Waals surface area contributed by atoms with Gasteiger partial charge in [-0.15, -0.1) is 0 Å². The molecule has 0 saturated heterocycles. The first-order valence-corrected chi connectivity index (χ1v) is 8.22. The van der Waals surface area contributed by atoms with Crippen LogP contribution in [-0.4, -0.2) is 27.8 Å². The lowest BCUT2D eigenvalue weighted by Gasteiger charge is -2.21. The maximum absolute atomic E-state index is 12.0. The molecule has 2 nitrogen and oxygen atoms in total. The number of nitrogens with one attached hydrogen (secondary N) is 1. The number of hydrogen-bond acceptors (Lipinski definition) is 2. The fraction of sp³-hybridized carbons (Fsp3) is 1.00. The highest BCUT2D eigenvalue weighted by Crippen LogP contribution is 2.22. The van der Waals surface area contributed by atoms with Gasteiger partial charge in [-0.1, -0.05) is 26.2 Å². The third kappa shape index (κ3) is 5.44. The summed E-state index contributed by atoms with van der Waals surface area (Å²) in [5.41, 5.74) is 0. The fourth-order valence-corrected chi connectivity index (χ4v) is 4.12. The van der Waals surface area contributed by atoms with Crippen LogP contribution in [0.5, 0.6) is 0 Å². The Bertz CT molecular complexity index is 202. The lowest BCUT2D eigenvalue weighted by molar-refractivity contribution is 0.500. The Balaban J connectivity index is 2.09. The van der Waals surface area contributed by atoms with Crippen LogP contribution in [0.2, 0.25) is 0 Å². The fourth-order valence-electron chi connectivity index (χ4n) is 2.48. The molecule has 3 heteroatoms. The molecule has 1 saturated carbocycles. The first-order chi connectivity index (χ1) is 7.74. The molecule has 1 aliphatic carbocycles. The second-order valence-electron chi connectivity index (χ2n) is 4.95. The van der Waals surface area contributed by atoms with Gasteiger partial charge in [0.1, 0.15) is 0 Å². The predicted molar refractivity (Wildman–Crippen MR) is 72.3 cm³/mol. The molecule has 0 aromatic carbocycles. The van der Waals surface area contributed by atoms with Gasteiger partial charge in [-0.2, -0.15) is 0 Å². The van der Waals surface area contributed by atoms with E-state index in [4.69, 9.17) is 0 Å². The molecule has 0 amide bonds. The maximum Gasteiger partial charge on any atom is 0.0348 e. The molecule has 1 rings (SSSR count). The van der Waals surface area contributed by atoms with Gasteiger partial charge in [0, 0.05) is 27.8 Å². The quantitative estimate of drug-likeness (QED) is 0.747. The zero-order valence-corrected chi connectivity index (χ0v) is 11.7. The summed E-state index contributed by atoms with van der Waals surface area (Å²) in [6.07, 6.45) is 8.62. The van der Waals surface area contributed by atoms with Crippen LogP contribution >= 0.6 is 0 Å². The molecule has 16 heavy (non-hydrogen) atoms. The molecule has 0 spiro atoms. The molecule has 0 bridgehead atoms. The summed E-state index contributed by atoms with van der Waals surface area (Å²) < 4.78 is 12.0. The van der Waals surface area contributed by atoms with E-state index in [-0.39, 0.29) is 0 Å². The summed E-state index contributed by atoms with van der Waals surface area (Å²) in [7, 11) is -0.555. The molecule has 0 radical (unpaired) electrons. The van der Waals surface area contributed by atoms with E-state index in [9.17, 15) is 4.21 Å². The largest absolute Gasteiger partial charge is 0.315 e. The third-order valence-corrected chi connectivity index (χ3v) is 5.37. The Hall–Kier alpha value is 0.110. The van der Waals surface area contributed by atoms with Crippen LogP contribution in [-0.2, 0) is 10.8 Å². The van der Waals surface area contributed by atoms with Gasteiger partial charge in [0.25, 0.3) is 0 Å². The van der Waals surface area contributed by atoms with Gasteiger partial charge in [0.05, 0.1) is 0 Å². The van der Waals surface area contributed by atoms with Crippen molar-refractivity contribution in [2.75, 3.05) is 12.3 Å². The SMILES string of the molecule is CCNC(C)CCCS(=O)C1CCCCC1. The highest BCUT2D eigenvalue weighted by atomic mass is 32.2. The first-order valence-electron chi connectivity index (χ1n) is 6.84. The standard InChI is InChI=1S/C13H27NOS/c1-3-14-12(2)8-7-11-16(15)13-9-5-4-6-10-13/h12-14H,3-11H2,1-2H3. The lowest BCUT2D eigenvalue weighted by atomic mass is 10.0. The van der Waals surface area contributed by atoms with Crippen molar-refractivity contribution in [2.24, 2.45) is 0 Å². The van der Waals surface area contributed by atoms with Crippen LogP contribution in [0.25, 0.3) is 0 Å². The Morgan fingerprint density at radius 1 is 1.31 bits per heavy atom. The summed E-state index contributed by atoms with van der Waals surface area (Å²) in [5, 5.41) is 3.92. The zero-order valence-electron chi connectivity index (χ0n) is 10.8. The Labute approximate surface area is 103 Å². The molecule has 2 atom stereocenters. The molecule has 1 aliphatic rings. The van der Waals surface area contributed by atoms with E-state index < -0.39 is 10.8 Å². The summed E-state index contributed by atoms with van der Waals surface area (Å²) in [5.74, 6) is 0.917. The Morgan fingerprint density at radius 2 is 2.00 bits per heavy atom. The average molecular weight is 245 g/mol. The molecule has 1 N–H and O–H groups in total. The van der Waals surface area contributed by atoms with E-state index in [0.29, 0.717) is 11.3 Å². The van der Waals surface area contributed by atoms with Crippen LogP contribution in [0.3, 0.4) is 0 Å². The van der Waals surface area contributed by atoms with Crippen LogP contribution in [0.4, 0.5) is 0 Å². The lowest BCUT2D eigenvalue weighted by Crippen LogP contribution is -2.26. The maximum atomic E-state index is 12.0. The molecule has 0 heterocycles. The number of hydrogen-bond donors (Lipinski definition) is 1. The minimum atomic E-state index is -0.555. The van der Waals surface area contributed by atoms with Gasteiger partial charge in [-0.25, -0.2) is 0 Å². The smallest absolute Gasteiger partial charge is 0.0348 e. The van der Waals surface area contributed by atoms with Crippen molar-refractivity contribution in [1.29, 1.82) is 0 Å². The highest BCUT2D eigenvalue weighted by molar-refractivity contribution is 7.85. The minimum absolute atomic E-state index is 0.517. The van der Waals surface area contributed by atoms with E-state index in [1.165, 1.54) is 32.1 Å². The first kappa shape index (κ1) is 14.2. The molecule has 0 aromatic rings. The van der Waals surface area contributed by atoms with Gasteiger partial charge in [0.15, 0.2) is 0 Å². The number of rotatable bonds is 7. The van der Waals surface area contributed by atoms with Gasteiger partial charge in [-0.3, -0.25) is 4.21 Å². The van der Waals surface area contributed by atoms with Crippen molar-refractivity contribution < 1.29 is 4.21 Å². The van der Waals surface area contributed by atoms with Gasteiger partial charge < -0.3 is 5.32 Å². The summed E-state index contributed by atoms with van der Waals surface area (Å²) in [6.45, 7) is 5.39. The molecule has 2 unspecified atom stereocenters.